The lowest BCUT2D eigenvalue weighted by Gasteiger charge is -2.36. The number of hydrogen-bond donors (Lipinski definition) is 0. The molecule has 14 rings (SSSR count). The molecule has 3 aliphatic carbocycles. The molecular formula is C64H43NO. The van der Waals surface area contributed by atoms with Gasteiger partial charge in [-0.15, -0.1) is 0 Å². The van der Waals surface area contributed by atoms with Crippen LogP contribution < -0.4 is 9.64 Å². The zero-order valence-corrected chi connectivity index (χ0v) is 36.7. The summed E-state index contributed by atoms with van der Waals surface area (Å²) >= 11 is 0. The van der Waals surface area contributed by atoms with Gasteiger partial charge in [-0.3, -0.25) is 0 Å². The van der Waals surface area contributed by atoms with Crippen molar-refractivity contribution >= 4 is 17.1 Å². The number of para-hydroxylation sites is 2. The van der Waals surface area contributed by atoms with Gasteiger partial charge in [-0.1, -0.05) is 190 Å². The van der Waals surface area contributed by atoms with Crippen LogP contribution in [0.25, 0.3) is 66.8 Å². The van der Waals surface area contributed by atoms with Crippen LogP contribution in [-0.2, 0) is 10.8 Å². The second-order valence-electron chi connectivity index (χ2n) is 18.7. The summed E-state index contributed by atoms with van der Waals surface area (Å²) in [5.74, 6) is 1.72. The molecule has 310 valence electrons. The number of anilines is 3. The minimum Gasteiger partial charge on any atom is -0.456 e. The summed E-state index contributed by atoms with van der Waals surface area (Å²) in [6, 6.07) is 83.6. The van der Waals surface area contributed by atoms with E-state index in [1.807, 2.05) is 0 Å². The fourth-order valence-electron chi connectivity index (χ4n) is 12.3. The van der Waals surface area contributed by atoms with Crippen molar-refractivity contribution in [2.75, 3.05) is 4.90 Å². The Morgan fingerprint density at radius 1 is 0.273 bits per heavy atom. The second kappa shape index (κ2) is 13.7. The molecule has 0 amide bonds. The molecule has 1 aliphatic heterocycles. The average molecular weight is 842 g/mol. The summed E-state index contributed by atoms with van der Waals surface area (Å²) in [6.45, 7) is 4.74. The smallest absolute Gasteiger partial charge is 0.135 e. The molecule has 66 heavy (non-hydrogen) atoms. The third kappa shape index (κ3) is 4.96. The molecule has 10 aromatic carbocycles. The van der Waals surface area contributed by atoms with Gasteiger partial charge in [-0.05, 0) is 138 Å². The summed E-state index contributed by atoms with van der Waals surface area (Å²) in [7, 11) is 0. The second-order valence-corrected chi connectivity index (χ2v) is 18.7. The van der Waals surface area contributed by atoms with Gasteiger partial charge in [0.2, 0.25) is 0 Å². The highest BCUT2D eigenvalue weighted by Gasteiger charge is 2.49. The number of hydrogen-bond acceptors (Lipinski definition) is 2. The fourth-order valence-corrected chi connectivity index (χ4v) is 12.3. The van der Waals surface area contributed by atoms with Gasteiger partial charge in [0.15, 0.2) is 0 Å². The summed E-state index contributed by atoms with van der Waals surface area (Å²) < 4.78 is 6.67. The maximum absolute atomic E-state index is 6.67. The van der Waals surface area contributed by atoms with Crippen LogP contribution in [0.3, 0.4) is 0 Å². The molecule has 0 aromatic heterocycles. The largest absolute Gasteiger partial charge is 0.456 e. The molecule has 2 heteroatoms. The monoisotopic (exact) mass is 841 g/mol. The van der Waals surface area contributed by atoms with Gasteiger partial charge in [-0.25, -0.2) is 0 Å². The number of ether oxygens (including phenoxy) is 1. The van der Waals surface area contributed by atoms with Crippen molar-refractivity contribution in [2.45, 2.75) is 24.7 Å². The third-order valence-electron chi connectivity index (χ3n) is 15.1. The molecule has 0 saturated heterocycles. The lowest BCUT2D eigenvalue weighted by Crippen LogP contribution is -2.29. The van der Waals surface area contributed by atoms with E-state index in [2.05, 4.69) is 243 Å². The first-order valence-electron chi connectivity index (χ1n) is 23.1. The maximum atomic E-state index is 6.67. The quantitative estimate of drug-likeness (QED) is 0.176. The van der Waals surface area contributed by atoms with Crippen LogP contribution in [0.4, 0.5) is 17.1 Å². The van der Waals surface area contributed by atoms with Crippen LogP contribution in [0, 0.1) is 0 Å². The molecular weight excluding hydrogens is 799 g/mol. The van der Waals surface area contributed by atoms with Crippen molar-refractivity contribution in [3.05, 3.63) is 258 Å². The van der Waals surface area contributed by atoms with Crippen molar-refractivity contribution < 1.29 is 4.74 Å². The number of rotatable bonds is 3. The van der Waals surface area contributed by atoms with E-state index >= 15 is 0 Å². The van der Waals surface area contributed by atoms with Gasteiger partial charge < -0.3 is 9.64 Å². The van der Waals surface area contributed by atoms with E-state index in [0.717, 1.165) is 50.8 Å². The summed E-state index contributed by atoms with van der Waals surface area (Å²) in [5.41, 5.74) is 25.1. The molecule has 0 N–H and O–H groups in total. The van der Waals surface area contributed by atoms with Crippen LogP contribution in [-0.4, -0.2) is 0 Å². The Morgan fingerprint density at radius 3 is 1.21 bits per heavy atom. The molecule has 4 aliphatic rings. The molecule has 0 bridgehead atoms. The van der Waals surface area contributed by atoms with E-state index in [1.165, 1.54) is 77.9 Å². The van der Waals surface area contributed by atoms with Gasteiger partial charge in [0.25, 0.3) is 0 Å². The molecule has 1 heterocycles. The zero-order valence-electron chi connectivity index (χ0n) is 36.7. The standard InChI is InChI=1S/C64H43NO/c1-63(2)55-25-11-5-20-47(55)50-35-32-42(39-60(50)63)65(40-31-34-45-51-23-9-15-29-61(51)66-62-30-16-10-24-52(62)53(45)37-40)41-33-36-59-54(38-41)44-18-4-3-17-43(44)46-19-6-12-26-56(46)64(59)57-27-13-7-21-48(57)49-22-8-14-28-58(49)64/h3-39H,1-2H3. The summed E-state index contributed by atoms with van der Waals surface area (Å²) in [5, 5.41) is 0. The minimum absolute atomic E-state index is 0.171. The van der Waals surface area contributed by atoms with E-state index in [1.54, 1.807) is 0 Å². The van der Waals surface area contributed by atoms with Crippen molar-refractivity contribution in [2.24, 2.45) is 0 Å². The molecule has 0 radical (unpaired) electrons. The maximum Gasteiger partial charge on any atom is 0.135 e. The Bertz CT molecular complexity index is 3640. The van der Waals surface area contributed by atoms with Crippen LogP contribution in [0.2, 0.25) is 0 Å². The number of benzene rings is 10. The highest BCUT2D eigenvalue weighted by molar-refractivity contribution is 6.00. The molecule has 2 nitrogen and oxygen atoms in total. The van der Waals surface area contributed by atoms with Crippen molar-refractivity contribution in [3.8, 4) is 78.3 Å². The van der Waals surface area contributed by atoms with Crippen LogP contribution in [0.15, 0.2) is 224 Å². The van der Waals surface area contributed by atoms with E-state index in [-0.39, 0.29) is 5.41 Å². The number of nitrogens with zero attached hydrogens (tertiary/aromatic N) is 1. The van der Waals surface area contributed by atoms with Gasteiger partial charge >= 0.3 is 0 Å². The Labute approximate surface area is 385 Å². The Kier molecular flexibility index (Phi) is 7.70. The molecule has 0 fully saturated rings. The lowest BCUT2D eigenvalue weighted by atomic mass is 9.66. The predicted molar refractivity (Wildman–Crippen MR) is 271 cm³/mol. The van der Waals surface area contributed by atoms with E-state index in [4.69, 9.17) is 4.74 Å². The Hall–Kier alpha value is -8.20. The van der Waals surface area contributed by atoms with Gasteiger partial charge in [-0.2, -0.15) is 0 Å². The SMILES string of the molecule is CC1(C)c2ccccc2-c2ccc(N(c3ccc4c(c3)-c3ccccc3Oc3ccccc3-4)c3ccc4c(c3)-c3ccccc3-c3ccccc3C43c4ccccc4-c4ccccc43)cc21. The minimum atomic E-state index is -0.550. The summed E-state index contributed by atoms with van der Waals surface area (Å²) in [4.78, 5) is 2.49. The Morgan fingerprint density at radius 2 is 0.621 bits per heavy atom. The van der Waals surface area contributed by atoms with Crippen molar-refractivity contribution in [3.63, 3.8) is 0 Å². The first-order valence-corrected chi connectivity index (χ1v) is 23.1. The predicted octanol–water partition coefficient (Wildman–Crippen LogP) is 16.9. The Balaban J connectivity index is 1.06. The summed E-state index contributed by atoms with van der Waals surface area (Å²) in [6.07, 6.45) is 0. The first kappa shape index (κ1) is 37.2. The molecule has 0 saturated carbocycles. The molecule has 0 atom stereocenters. The van der Waals surface area contributed by atoms with Crippen molar-refractivity contribution in [1.29, 1.82) is 0 Å². The molecule has 0 unspecified atom stereocenters. The average Bonchev–Trinajstić information content (AvgIpc) is 3.68. The van der Waals surface area contributed by atoms with Crippen LogP contribution in [0.1, 0.15) is 47.2 Å². The zero-order chi connectivity index (χ0) is 43.7. The van der Waals surface area contributed by atoms with Gasteiger partial charge in [0.05, 0.1) is 5.41 Å². The molecule has 10 aromatic rings. The van der Waals surface area contributed by atoms with Crippen LogP contribution in [0.5, 0.6) is 11.5 Å². The lowest BCUT2D eigenvalue weighted by molar-refractivity contribution is 0.488. The topological polar surface area (TPSA) is 12.5 Å². The van der Waals surface area contributed by atoms with E-state index < -0.39 is 5.41 Å². The van der Waals surface area contributed by atoms with E-state index in [0.29, 0.717) is 0 Å². The van der Waals surface area contributed by atoms with Gasteiger partial charge in [0, 0.05) is 33.6 Å². The highest BCUT2D eigenvalue weighted by Crippen LogP contribution is 2.62. The number of fused-ring (bicyclic) bond motifs is 20. The third-order valence-corrected chi connectivity index (χ3v) is 15.1. The van der Waals surface area contributed by atoms with E-state index in [9.17, 15) is 0 Å². The molecule has 1 spiro atoms. The normalized spacial score (nSPS) is 14.3. The highest BCUT2D eigenvalue weighted by atomic mass is 16.5. The van der Waals surface area contributed by atoms with Crippen molar-refractivity contribution in [1.82, 2.24) is 0 Å². The first-order chi connectivity index (χ1) is 32.5. The fraction of sp³-hybridized carbons (Fsp3) is 0.0625. The van der Waals surface area contributed by atoms with Crippen LogP contribution >= 0.6 is 0 Å². The van der Waals surface area contributed by atoms with Gasteiger partial charge in [0.1, 0.15) is 11.5 Å².